The third kappa shape index (κ3) is 4.02. The number of hydrogen-bond donors (Lipinski definition) is 2. The molecule has 3 aromatic rings. The molecule has 6 nitrogen and oxygen atoms in total. The van der Waals surface area contributed by atoms with E-state index in [4.69, 9.17) is 5.26 Å². The molecule has 2 aromatic carbocycles. The number of nitriles is 1. The highest BCUT2D eigenvalue weighted by atomic mass is 16.1. The van der Waals surface area contributed by atoms with Crippen molar-refractivity contribution >= 4 is 23.1 Å². The molecule has 0 fully saturated rings. The molecule has 0 saturated carbocycles. The van der Waals surface area contributed by atoms with Crippen molar-refractivity contribution in [2.45, 2.75) is 13.8 Å². The lowest BCUT2D eigenvalue weighted by Gasteiger charge is -2.09. The van der Waals surface area contributed by atoms with Crippen molar-refractivity contribution in [3.8, 4) is 6.07 Å². The largest absolute Gasteiger partial charge is 0.340 e. The summed E-state index contributed by atoms with van der Waals surface area (Å²) < 4.78 is 0. The Morgan fingerprint density at radius 3 is 2.50 bits per heavy atom. The van der Waals surface area contributed by atoms with Crippen LogP contribution in [0.4, 0.5) is 17.2 Å². The van der Waals surface area contributed by atoms with Crippen LogP contribution in [0.3, 0.4) is 0 Å². The summed E-state index contributed by atoms with van der Waals surface area (Å²) >= 11 is 0. The van der Waals surface area contributed by atoms with E-state index in [0.29, 0.717) is 17.1 Å². The lowest BCUT2D eigenvalue weighted by Crippen LogP contribution is -2.15. The smallest absolute Gasteiger partial charge is 0.274 e. The maximum atomic E-state index is 12.5. The van der Waals surface area contributed by atoms with Crippen LogP contribution in [0.15, 0.2) is 54.9 Å². The molecule has 0 atom stereocenters. The Balaban J connectivity index is 1.80. The van der Waals surface area contributed by atoms with Crippen LogP contribution in [0.2, 0.25) is 0 Å². The van der Waals surface area contributed by atoms with Crippen LogP contribution in [0.25, 0.3) is 0 Å². The SMILES string of the molecule is Cc1cc(C)cc(Nc2cc(C(=O)Nc3ccccc3C#N)ncn2)c1. The van der Waals surface area contributed by atoms with Crippen LogP contribution < -0.4 is 10.6 Å². The summed E-state index contributed by atoms with van der Waals surface area (Å²) in [5, 5.41) is 15.0. The van der Waals surface area contributed by atoms with Crippen molar-refractivity contribution < 1.29 is 4.79 Å². The maximum Gasteiger partial charge on any atom is 0.274 e. The summed E-state index contributed by atoms with van der Waals surface area (Å²) in [7, 11) is 0. The van der Waals surface area contributed by atoms with Gasteiger partial charge in [-0.1, -0.05) is 18.2 Å². The van der Waals surface area contributed by atoms with Gasteiger partial charge >= 0.3 is 0 Å². The van der Waals surface area contributed by atoms with Gasteiger partial charge in [-0.3, -0.25) is 4.79 Å². The van der Waals surface area contributed by atoms with Gasteiger partial charge in [0.2, 0.25) is 0 Å². The van der Waals surface area contributed by atoms with Gasteiger partial charge in [0, 0.05) is 11.8 Å². The van der Waals surface area contributed by atoms with Gasteiger partial charge in [0.1, 0.15) is 23.9 Å². The normalized spacial score (nSPS) is 10.0. The predicted molar refractivity (Wildman–Crippen MR) is 100 cm³/mol. The number of hydrogen-bond acceptors (Lipinski definition) is 5. The molecule has 0 aliphatic heterocycles. The van der Waals surface area contributed by atoms with Gasteiger partial charge in [-0.15, -0.1) is 0 Å². The van der Waals surface area contributed by atoms with Crippen LogP contribution >= 0.6 is 0 Å². The molecular formula is C20H17N5O. The van der Waals surface area contributed by atoms with Crippen LogP contribution in [0.1, 0.15) is 27.2 Å². The van der Waals surface area contributed by atoms with E-state index >= 15 is 0 Å². The number of rotatable bonds is 4. The molecule has 0 spiro atoms. The van der Waals surface area contributed by atoms with E-state index in [9.17, 15) is 4.79 Å². The molecule has 0 aliphatic carbocycles. The second-order valence-corrected chi connectivity index (χ2v) is 5.90. The summed E-state index contributed by atoms with van der Waals surface area (Å²) in [4.78, 5) is 20.6. The minimum absolute atomic E-state index is 0.208. The van der Waals surface area contributed by atoms with Crippen LogP contribution in [-0.4, -0.2) is 15.9 Å². The number of benzene rings is 2. The molecule has 26 heavy (non-hydrogen) atoms. The molecule has 128 valence electrons. The Bertz CT molecular complexity index is 987. The molecule has 0 bridgehead atoms. The number of carbonyl (C=O) groups is 1. The van der Waals surface area contributed by atoms with Crippen molar-refractivity contribution in [3.05, 3.63) is 77.2 Å². The molecule has 3 rings (SSSR count). The second kappa shape index (κ2) is 7.45. The molecule has 1 aromatic heterocycles. The number of nitrogens with one attached hydrogen (secondary N) is 2. The molecule has 0 saturated heterocycles. The first-order chi connectivity index (χ1) is 12.5. The average molecular weight is 343 g/mol. The molecule has 1 heterocycles. The molecule has 1 amide bonds. The zero-order valence-electron chi connectivity index (χ0n) is 14.4. The van der Waals surface area contributed by atoms with Crippen LogP contribution in [-0.2, 0) is 0 Å². The van der Waals surface area contributed by atoms with Gasteiger partial charge in [0.15, 0.2) is 0 Å². The molecule has 6 heteroatoms. The van der Waals surface area contributed by atoms with Gasteiger partial charge in [-0.25, -0.2) is 9.97 Å². The third-order valence-electron chi connectivity index (χ3n) is 3.69. The van der Waals surface area contributed by atoms with E-state index in [1.807, 2.05) is 32.0 Å². The number of aryl methyl sites for hydroxylation is 2. The molecule has 0 radical (unpaired) electrons. The number of para-hydroxylation sites is 1. The first-order valence-electron chi connectivity index (χ1n) is 8.03. The Hall–Kier alpha value is -3.72. The minimum Gasteiger partial charge on any atom is -0.340 e. The molecule has 0 unspecified atom stereocenters. The fraction of sp³-hybridized carbons (Fsp3) is 0.100. The highest BCUT2D eigenvalue weighted by Gasteiger charge is 2.11. The monoisotopic (exact) mass is 343 g/mol. The number of aromatic nitrogens is 2. The van der Waals surface area contributed by atoms with E-state index in [1.54, 1.807) is 30.3 Å². The number of nitrogens with zero attached hydrogens (tertiary/aromatic N) is 3. The first-order valence-corrected chi connectivity index (χ1v) is 8.03. The standard InChI is InChI=1S/C20H17N5O/c1-13-7-14(2)9-16(8-13)24-19-10-18(22-12-23-19)20(26)25-17-6-4-3-5-15(17)11-21/h3-10,12H,1-2H3,(H,25,26)(H,22,23,24). The van der Waals surface area contributed by atoms with Crippen molar-refractivity contribution in [3.63, 3.8) is 0 Å². The van der Waals surface area contributed by atoms with Crippen LogP contribution in [0.5, 0.6) is 0 Å². The quantitative estimate of drug-likeness (QED) is 0.748. The Morgan fingerprint density at radius 2 is 1.77 bits per heavy atom. The first kappa shape index (κ1) is 17.1. The van der Waals surface area contributed by atoms with Crippen molar-refractivity contribution in [2.24, 2.45) is 0 Å². The van der Waals surface area contributed by atoms with Gasteiger partial charge in [-0.2, -0.15) is 5.26 Å². The van der Waals surface area contributed by atoms with E-state index in [-0.39, 0.29) is 5.69 Å². The topological polar surface area (TPSA) is 90.7 Å². The summed E-state index contributed by atoms with van der Waals surface area (Å²) in [5.74, 6) is 0.113. The van der Waals surface area contributed by atoms with E-state index < -0.39 is 5.91 Å². The highest BCUT2D eigenvalue weighted by Crippen LogP contribution is 2.19. The lowest BCUT2D eigenvalue weighted by atomic mass is 10.1. The highest BCUT2D eigenvalue weighted by molar-refractivity contribution is 6.03. The summed E-state index contributed by atoms with van der Waals surface area (Å²) in [6, 6.07) is 16.5. The molecule has 2 N–H and O–H groups in total. The van der Waals surface area contributed by atoms with Crippen LogP contribution in [0, 0.1) is 25.2 Å². The zero-order valence-corrected chi connectivity index (χ0v) is 14.4. The average Bonchev–Trinajstić information content (AvgIpc) is 2.61. The summed E-state index contributed by atoms with van der Waals surface area (Å²) in [6.45, 7) is 4.04. The van der Waals surface area contributed by atoms with Crippen molar-refractivity contribution in [1.82, 2.24) is 9.97 Å². The van der Waals surface area contributed by atoms with E-state index in [2.05, 4.69) is 26.7 Å². The summed E-state index contributed by atoms with van der Waals surface area (Å²) in [5.41, 5.74) is 4.20. The maximum absolute atomic E-state index is 12.5. The van der Waals surface area contributed by atoms with E-state index in [1.165, 1.54) is 6.33 Å². The number of amides is 1. The fourth-order valence-electron chi connectivity index (χ4n) is 2.62. The van der Waals surface area contributed by atoms with E-state index in [0.717, 1.165) is 16.8 Å². The van der Waals surface area contributed by atoms with Gasteiger partial charge in [-0.05, 0) is 49.2 Å². The number of anilines is 3. The summed E-state index contributed by atoms with van der Waals surface area (Å²) in [6.07, 6.45) is 1.33. The van der Waals surface area contributed by atoms with Gasteiger partial charge < -0.3 is 10.6 Å². The molecular weight excluding hydrogens is 326 g/mol. The fourth-order valence-corrected chi connectivity index (χ4v) is 2.62. The van der Waals surface area contributed by atoms with Gasteiger partial charge in [0.25, 0.3) is 5.91 Å². The Kier molecular flexibility index (Phi) is 4.90. The predicted octanol–water partition coefficient (Wildman–Crippen LogP) is 3.96. The second-order valence-electron chi connectivity index (χ2n) is 5.90. The van der Waals surface area contributed by atoms with Crippen molar-refractivity contribution in [2.75, 3.05) is 10.6 Å². The van der Waals surface area contributed by atoms with Crippen molar-refractivity contribution in [1.29, 1.82) is 5.26 Å². The lowest BCUT2D eigenvalue weighted by molar-refractivity contribution is 0.102. The minimum atomic E-state index is -0.404. The Labute approximate surface area is 151 Å². The van der Waals surface area contributed by atoms with Gasteiger partial charge in [0.05, 0.1) is 11.3 Å². The molecule has 0 aliphatic rings. The zero-order chi connectivity index (χ0) is 18.5. The third-order valence-corrected chi connectivity index (χ3v) is 3.69. The Morgan fingerprint density at radius 1 is 1.04 bits per heavy atom. The number of carbonyl (C=O) groups excluding carboxylic acids is 1.